The number of carboxylic acids is 1. The third-order valence-electron chi connectivity index (χ3n) is 1.85. The number of carbonyl (C=O) groups is 1. The Kier molecular flexibility index (Phi) is 7.85. The molecule has 1 rings (SSSR count). The van der Waals surface area contributed by atoms with Gasteiger partial charge in [0.2, 0.25) is 0 Å². The molecule has 5 nitrogen and oxygen atoms in total. The van der Waals surface area contributed by atoms with Crippen LogP contribution < -0.4 is 5.32 Å². The first-order valence-electron chi connectivity index (χ1n) is 4.95. The number of hydrogen-bond donors (Lipinski definition) is 2. The second-order valence-electron chi connectivity index (χ2n) is 3.40. The fraction of sp³-hybridized carbons (Fsp3) is 0.889. The summed E-state index contributed by atoms with van der Waals surface area (Å²) in [5, 5.41) is 10.4. The molecule has 1 atom stereocenters. The van der Waals surface area contributed by atoms with E-state index in [1.165, 1.54) is 0 Å². The van der Waals surface area contributed by atoms with E-state index in [2.05, 4.69) is 5.32 Å². The molecular formula is C9H16F3NO4. The molecule has 0 aromatic carbocycles. The van der Waals surface area contributed by atoms with Crippen LogP contribution in [0.2, 0.25) is 0 Å². The number of hydrogen-bond acceptors (Lipinski definition) is 4. The lowest BCUT2D eigenvalue weighted by molar-refractivity contribution is -0.192. The molecule has 102 valence electrons. The molecule has 1 fully saturated rings. The lowest BCUT2D eigenvalue weighted by Gasteiger charge is -2.10. The van der Waals surface area contributed by atoms with Crippen LogP contribution in [0.1, 0.15) is 0 Å². The smallest absolute Gasteiger partial charge is 0.475 e. The number of aliphatic carboxylic acids is 1. The van der Waals surface area contributed by atoms with Gasteiger partial charge in [-0.05, 0) is 0 Å². The molecule has 0 aromatic heterocycles. The maximum atomic E-state index is 10.6. The molecule has 8 heteroatoms. The maximum absolute atomic E-state index is 10.6. The number of alkyl halides is 3. The first-order chi connectivity index (χ1) is 7.88. The Hall–Kier alpha value is -0.860. The summed E-state index contributed by atoms with van der Waals surface area (Å²) in [7, 11) is 1.73. The Balaban J connectivity index is 0.000000325. The third-order valence-corrected chi connectivity index (χ3v) is 1.85. The minimum absolute atomic E-state index is 0.535. The fourth-order valence-corrected chi connectivity index (χ4v) is 1.10. The zero-order valence-electron chi connectivity index (χ0n) is 9.42. The van der Waals surface area contributed by atoms with E-state index in [0.29, 0.717) is 5.92 Å². The largest absolute Gasteiger partial charge is 0.490 e. The van der Waals surface area contributed by atoms with Gasteiger partial charge in [-0.15, -0.1) is 0 Å². The van der Waals surface area contributed by atoms with E-state index in [1.807, 2.05) is 0 Å². The van der Waals surface area contributed by atoms with E-state index in [-0.39, 0.29) is 0 Å². The maximum Gasteiger partial charge on any atom is 0.490 e. The van der Waals surface area contributed by atoms with E-state index in [1.54, 1.807) is 7.11 Å². The van der Waals surface area contributed by atoms with Crippen LogP contribution in [0.25, 0.3) is 0 Å². The molecule has 0 spiro atoms. The topological polar surface area (TPSA) is 67.8 Å². The van der Waals surface area contributed by atoms with Crippen molar-refractivity contribution in [3.05, 3.63) is 0 Å². The summed E-state index contributed by atoms with van der Waals surface area (Å²) >= 11 is 0. The molecule has 0 aliphatic carbocycles. The highest BCUT2D eigenvalue weighted by Crippen LogP contribution is 2.13. The van der Waals surface area contributed by atoms with Crippen LogP contribution in [0, 0.1) is 5.92 Å². The third kappa shape index (κ3) is 8.90. The standard InChI is InChI=1S/C7H15NO2.C2HF3O2/c1-9-5-7-4-8-2-3-10-6-7;3-2(4,5)1(6)7/h7-8H,2-6H2,1H3;(H,6,7). The van der Waals surface area contributed by atoms with Gasteiger partial charge >= 0.3 is 12.1 Å². The van der Waals surface area contributed by atoms with Crippen molar-refractivity contribution in [2.24, 2.45) is 5.92 Å². The normalized spacial score (nSPS) is 21.1. The summed E-state index contributed by atoms with van der Waals surface area (Å²) in [6, 6.07) is 0. The van der Waals surface area contributed by atoms with E-state index >= 15 is 0 Å². The summed E-state index contributed by atoms with van der Waals surface area (Å²) in [4.78, 5) is 8.90. The molecule has 1 aliphatic rings. The average Bonchev–Trinajstić information content (AvgIpc) is 2.46. The average molecular weight is 259 g/mol. The van der Waals surface area contributed by atoms with E-state index in [0.717, 1.165) is 32.9 Å². The van der Waals surface area contributed by atoms with Crippen LogP contribution in [0.15, 0.2) is 0 Å². The minimum Gasteiger partial charge on any atom is -0.475 e. The SMILES string of the molecule is COCC1CNCCOC1.O=C(O)C(F)(F)F. The Morgan fingerprint density at radius 2 is 2.18 bits per heavy atom. The van der Waals surface area contributed by atoms with Gasteiger partial charge < -0.3 is 19.9 Å². The van der Waals surface area contributed by atoms with Crippen LogP contribution in [-0.4, -0.2) is 57.3 Å². The molecule has 0 amide bonds. The van der Waals surface area contributed by atoms with Crippen molar-refractivity contribution < 1.29 is 32.5 Å². The van der Waals surface area contributed by atoms with E-state index in [4.69, 9.17) is 19.4 Å². The molecule has 0 bridgehead atoms. The van der Waals surface area contributed by atoms with Crippen molar-refractivity contribution in [3.8, 4) is 0 Å². The van der Waals surface area contributed by atoms with E-state index in [9.17, 15) is 13.2 Å². The number of halogens is 3. The van der Waals surface area contributed by atoms with Crippen LogP contribution >= 0.6 is 0 Å². The summed E-state index contributed by atoms with van der Waals surface area (Å²) in [6.45, 7) is 4.46. The Labute approximate surface area is 96.9 Å². The molecular weight excluding hydrogens is 243 g/mol. The van der Waals surface area contributed by atoms with Crippen molar-refractivity contribution in [1.29, 1.82) is 0 Å². The number of methoxy groups -OCH3 is 1. The monoisotopic (exact) mass is 259 g/mol. The minimum atomic E-state index is -5.08. The predicted molar refractivity (Wildman–Crippen MR) is 52.7 cm³/mol. The van der Waals surface area contributed by atoms with Gasteiger partial charge in [-0.25, -0.2) is 4.79 Å². The van der Waals surface area contributed by atoms with Crippen molar-refractivity contribution in [1.82, 2.24) is 5.32 Å². The number of nitrogens with one attached hydrogen (secondary N) is 1. The van der Waals surface area contributed by atoms with E-state index < -0.39 is 12.1 Å². The lowest BCUT2D eigenvalue weighted by atomic mass is 10.2. The molecule has 0 aromatic rings. The molecule has 1 heterocycles. The van der Waals surface area contributed by atoms with Gasteiger partial charge in [-0.3, -0.25) is 0 Å². The summed E-state index contributed by atoms with van der Waals surface area (Å²) in [6.07, 6.45) is -5.08. The van der Waals surface area contributed by atoms with Crippen molar-refractivity contribution in [2.75, 3.05) is 40.0 Å². The Morgan fingerprint density at radius 1 is 1.59 bits per heavy atom. The van der Waals surface area contributed by atoms with Crippen LogP contribution in [0.5, 0.6) is 0 Å². The highest BCUT2D eigenvalue weighted by atomic mass is 19.4. The van der Waals surface area contributed by atoms with Gasteiger partial charge in [-0.2, -0.15) is 13.2 Å². The van der Waals surface area contributed by atoms with Crippen molar-refractivity contribution >= 4 is 5.97 Å². The highest BCUT2D eigenvalue weighted by Gasteiger charge is 2.38. The van der Waals surface area contributed by atoms with Gasteiger partial charge in [0.05, 0.1) is 19.8 Å². The molecule has 1 aliphatic heterocycles. The molecule has 1 unspecified atom stereocenters. The van der Waals surface area contributed by atoms with Crippen molar-refractivity contribution in [2.45, 2.75) is 6.18 Å². The van der Waals surface area contributed by atoms with Gasteiger partial charge in [0, 0.05) is 26.1 Å². The molecule has 0 radical (unpaired) electrons. The first-order valence-corrected chi connectivity index (χ1v) is 4.95. The molecule has 2 N–H and O–H groups in total. The molecule has 1 saturated heterocycles. The van der Waals surface area contributed by atoms with Gasteiger partial charge in [0.15, 0.2) is 0 Å². The summed E-state index contributed by atoms with van der Waals surface area (Å²) in [5.41, 5.74) is 0. The lowest BCUT2D eigenvalue weighted by Crippen LogP contribution is -2.25. The fourth-order valence-electron chi connectivity index (χ4n) is 1.10. The predicted octanol–water partition coefficient (Wildman–Crippen LogP) is 0.502. The molecule has 17 heavy (non-hydrogen) atoms. The zero-order chi connectivity index (χ0) is 13.3. The van der Waals surface area contributed by atoms with Crippen LogP contribution in [0.3, 0.4) is 0 Å². The van der Waals surface area contributed by atoms with Gasteiger partial charge in [-0.1, -0.05) is 0 Å². The quantitative estimate of drug-likeness (QED) is 0.756. The number of carboxylic acid groups (broad SMARTS) is 1. The number of rotatable bonds is 2. The van der Waals surface area contributed by atoms with Crippen LogP contribution in [-0.2, 0) is 14.3 Å². The van der Waals surface area contributed by atoms with Gasteiger partial charge in [0.1, 0.15) is 0 Å². The van der Waals surface area contributed by atoms with Crippen LogP contribution in [0.4, 0.5) is 13.2 Å². The second-order valence-corrected chi connectivity index (χ2v) is 3.40. The highest BCUT2D eigenvalue weighted by molar-refractivity contribution is 5.73. The Bertz CT molecular complexity index is 215. The first kappa shape index (κ1) is 16.1. The van der Waals surface area contributed by atoms with Crippen molar-refractivity contribution in [3.63, 3.8) is 0 Å². The summed E-state index contributed by atoms with van der Waals surface area (Å²) < 4.78 is 42.1. The second kappa shape index (κ2) is 8.26. The Morgan fingerprint density at radius 3 is 2.65 bits per heavy atom. The zero-order valence-corrected chi connectivity index (χ0v) is 9.42. The summed E-state index contributed by atoms with van der Waals surface area (Å²) in [5.74, 6) is -2.22. The van der Waals surface area contributed by atoms with Gasteiger partial charge in [0.25, 0.3) is 0 Å². The number of ether oxygens (including phenoxy) is 2. The molecule has 0 saturated carbocycles.